The Morgan fingerprint density at radius 2 is 2.09 bits per heavy atom. The van der Waals surface area contributed by atoms with E-state index < -0.39 is 9.84 Å². The molecule has 0 aliphatic carbocycles. The van der Waals surface area contributed by atoms with Crippen molar-refractivity contribution in [2.24, 2.45) is 0 Å². The van der Waals surface area contributed by atoms with Crippen LogP contribution in [0.1, 0.15) is 24.9 Å². The quantitative estimate of drug-likeness (QED) is 0.789. The third-order valence-corrected chi connectivity index (χ3v) is 6.14. The second-order valence-corrected chi connectivity index (χ2v) is 8.13. The van der Waals surface area contributed by atoms with Crippen LogP contribution in [0.4, 0.5) is 0 Å². The minimum atomic E-state index is -3.10. The van der Waals surface area contributed by atoms with Crippen molar-refractivity contribution in [3.8, 4) is 0 Å². The maximum atomic E-state index is 12.1. The summed E-state index contributed by atoms with van der Waals surface area (Å²) in [5, 5.41) is 0. The van der Waals surface area contributed by atoms with E-state index in [1.807, 2.05) is 6.92 Å². The maximum absolute atomic E-state index is 12.1. The molecule has 7 nitrogen and oxygen atoms in total. The number of carbonyl (C=O) groups is 1. The molecule has 0 bridgehead atoms. The molecule has 2 fully saturated rings. The van der Waals surface area contributed by atoms with E-state index in [1.165, 1.54) is 0 Å². The van der Waals surface area contributed by atoms with Gasteiger partial charge in [0.1, 0.15) is 6.26 Å². The van der Waals surface area contributed by atoms with Gasteiger partial charge in [-0.15, -0.1) is 0 Å². The van der Waals surface area contributed by atoms with Gasteiger partial charge in [0.05, 0.1) is 23.2 Å². The lowest BCUT2D eigenvalue weighted by Crippen LogP contribution is -2.60. The van der Waals surface area contributed by atoms with Crippen molar-refractivity contribution in [3.63, 3.8) is 0 Å². The standard InChI is InChI=1S/C14H21N3O4S/c1-3-14(18)17-5-4-16(6-11-7-21-10(2)15-11)12-8-22(19,20)9-13(12)17/h7,12-13H,3-6,8-9H2,1-2H3/t12-,13+/m0/s1. The van der Waals surface area contributed by atoms with Crippen LogP contribution in [0.25, 0.3) is 0 Å². The topological polar surface area (TPSA) is 83.7 Å². The molecule has 1 amide bonds. The number of carbonyl (C=O) groups excluding carboxylic acids is 1. The van der Waals surface area contributed by atoms with Gasteiger partial charge in [-0.1, -0.05) is 6.92 Å². The van der Waals surface area contributed by atoms with E-state index in [0.29, 0.717) is 31.9 Å². The Morgan fingerprint density at radius 3 is 2.73 bits per heavy atom. The number of amides is 1. The van der Waals surface area contributed by atoms with E-state index >= 15 is 0 Å². The van der Waals surface area contributed by atoms with Gasteiger partial charge in [0, 0.05) is 39.0 Å². The Morgan fingerprint density at radius 1 is 1.36 bits per heavy atom. The van der Waals surface area contributed by atoms with Crippen LogP contribution in [0.2, 0.25) is 0 Å². The van der Waals surface area contributed by atoms with E-state index in [4.69, 9.17) is 4.42 Å². The summed E-state index contributed by atoms with van der Waals surface area (Å²) in [6.45, 7) is 5.38. The van der Waals surface area contributed by atoms with Crippen LogP contribution in [0.3, 0.4) is 0 Å². The molecule has 0 saturated carbocycles. The lowest BCUT2D eigenvalue weighted by molar-refractivity contribution is -0.136. The molecule has 0 unspecified atom stereocenters. The predicted octanol–water partition coefficient (Wildman–Crippen LogP) is 0.203. The second kappa shape index (κ2) is 5.66. The molecular formula is C14H21N3O4S. The molecule has 1 aromatic heterocycles. The molecule has 0 spiro atoms. The summed E-state index contributed by atoms with van der Waals surface area (Å²) in [5.74, 6) is 0.814. The first kappa shape index (κ1) is 15.5. The molecule has 3 heterocycles. The molecule has 0 N–H and O–H groups in total. The van der Waals surface area contributed by atoms with E-state index in [-0.39, 0.29) is 29.5 Å². The van der Waals surface area contributed by atoms with Gasteiger partial charge in [0.25, 0.3) is 0 Å². The summed E-state index contributed by atoms with van der Waals surface area (Å²) in [4.78, 5) is 20.2. The highest BCUT2D eigenvalue weighted by atomic mass is 32.2. The molecule has 1 aromatic rings. The normalized spacial score (nSPS) is 27.8. The summed E-state index contributed by atoms with van der Waals surface area (Å²) in [7, 11) is -3.10. The summed E-state index contributed by atoms with van der Waals surface area (Å²) in [5.41, 5.74) is 0.802. The van der Waals surface area contributed by atoms with E-state index in [9.17, 15) is 13.2 Å². The zero-order valence-corrected chi connectivity index (χ0v) is 13.7. The summed E-state index contributed by atoms with van der Waals surface area (Å²) in [6.07, 6.45) is 2.02. The van der Waals surface area contributed by atoms with E-state index in [1.54, 1.807) is 18.1 Å². The van der Waals surface area contributed by atoms with Crippen molar-refractivity contribution in [1.82, 2.24) is 14.8 Å². The van der Waals surface area contributed by atoms with Crippen molar-refractivity contribution in [2.75, 3.05) is 24.6 Å². The minimum absolute atomic E-state index is 0.0315. The number of aryl methyl sites for hydroxylation is 1. The van der Waals surface area contributed by atoms with Crippen LogP contribution in [0.15, 0.2) is 10.7 Å². The van der Waals surface area contributed by atoms with Gasteiger partial charge in [-0.2, -0.15) is 0 Å². The summed E-state index contributed by atoms with van der Waals surface area (Å²) < 4.78 is 29.3. The first-order valence-corrected chi connectivity index (χ1v) is 9.36. The van der Waals surface area contributed by atoms with Gasteiger partial charge in [0.2, 0.25) is 5.91 Å². The summed E-state index contributed by atoms with van der Waals surface area (Å²) >= 11 is 0. The van der Waals surface area contributed by atoms with Crippen LogP contribution in [-0.2, 0) is 21.2 Å². The Labute approximate surface area is 130 Å². The number of fused-ring (bicyclic) bond motifs is 1. The number of nitrogens with zero attached hydrogens (tertiary/aromatic N) is 3. The third kappa shape index (κ3) is 2.89. The van der Waals surface area contributed by atoms with Crippen LogP contribution < -0.4 is 0 Å². The zero-order chi connectivity index (χ0) is 15.9. The predicted molar refractivity (Wildman–Crippen MR) is 79.9 cm³/mol. The SMILES string of the molecule is CCC(=O)N1CCN(Cc2coc(C)n2)[C@H]2CS(=O)(=O)C[C@H]21. The van der Waals surface area contributed by atoms with Crippen LogP contribution in [0.5, 0.6) is 0 Å². The fourth-order valence-corrected chi connectivity index (χ4v) is 5.43. The monoisotopic (exact) mass is 327 g/mol. The molecule has 2 aliphatic rings. The van der Waals surface area contributed by atoms with Crippen molar-refractivity contribution in [3.05, 3.63) is 17.8 Å². The Hall–Kier alpha value is -1.41. The first-order valence-electron chi connectivity index (χ1n) is 7.54. The Kier molecular flexibility index (Phi) is 3.98. The fourth-order valence-electron chi connectivity index (χ4n) is 3.42. The van der Waals surface area contributed by atoms with E-state index in [0.717, 1.165) is 5.69 Å². The molecule has 0 aromatic carbocycles. The van der Waals surface area contributed by atoms with Crippen molar-refractivity contribution < 1.29 is 17.6 Å². The number of oxazole rings is 1. The zero-order valence-electron chi connectivity index (χ0n) is 12.9. The highest BCUT2D eigenvalue weighted by Gasteiger charge is 2.47. The fraction of sp³-hybridized carbons (Fsp3) is 0.714. The molecule has 2 aliphatic heterocycles. The third-order valence-electron chi connectivity index (χ3n) is 4.45. The minimum Gasteiger partial charge on any atom is -0.449 e. The second-order valence-electron chi connectivity index (χ2n) is 5.98. The first-order chi connectivity index (χ1) is 10.4. The number of hydrogen-bond donors (Lipinski definition) is 0. The van der Waals surface area contributed by atoms with Gasteiger partial charge in [-0.25, -0.2) is 13.4 Å². The number of rotatable bonds is 3. The molecular weight excluding hydrogens is 306 g/mol. The van der Waals surface area contributed by atoms with Crippen LogP contribution >= 0.6 is 0 Å². The lowest BCUT2D eigenvalue weighted by Gasteiger charge is -2.43. The van der Waals surface area contributed by atoms with Crippen LogP contribution in [-0.4, -0.2) is 65.8 Å². The summed E-state index contributed by atoms with van der Waals surface area (Å²) in [6, 6.07) is -0.384. The number of aromatic nitrogens is 1. The molecule has 8 heteroatoms. The molecule has 0 radical (unpaired) electrons. The average molecular weight is 327 g/mol. The Balaban J connectivity index is 1.81. The number of hydrogen-bond acceptors (Lipinski definition) is 6. The molecule has 2 atom stereocenters. The molecule has 3 rings (SSSR count). The van der Waals surface area contributed by atoms with Crippen LogP contribution in [0, 0.1) is 6.92 Å². The highest BCUT2D eigenvalue weighted by Crippen LogP contribution is 2.28. The molecule has 22 heavy (non-hydrogen) atoms. The smallest absolute Gasteiger partial charge is 0.222 e. The average Bonchev–Trinajstić information content (AvgIpc) is 3.00. The van der Waals surface area contributed by atoms with Crippen molar-refractivity contribution in [2.45, 2.75) is 38.9 Å². The largest absolute Gasteiger partial charge is 0.449 e. The van der Waals surface area contributed by atoms with Gasteiger partial charge in [-0.05, 0) is 0 Å². The van der Waals surface area contributed by atoms with Gasteiger partial charge >= 0.3 is 0 Å². The van der Waals surface area contributed by atoms with Crippen molar-refractivity contribution in [1.29, 1.82) is 0 Å². The molecule has 122 valence electrons. The van der Waals surface area contributed by atoms with E-state index in [2.05, 4.69) is 9.88 Å². The van der Waals surface area contributed by atoms with Gasteiger partial charge in [0.15, 0.2) is 15.7 Å². The van der Waals surface area contributed by atoms with Crippen molar-refractivity contribution >= 4 is 15.7 Å². The maximum Gasteiger partial charge on any atom is 0.222 e. The van der Waals surface area contributed by atoms with Gasteiger partial charge < -0.3 is 9.32 Å². The van der Waals surface area contributed by atoms with Gasteiger partial charge in [-0.3, -0.25) is 9.69 Å². The highest BCUT2D eigenvalue weighted by molar-refractivity contribution is 7.91. The lowest BCUT2D eigenvalue weighted by atomic mass is 10.0. The number of sulfone groups is 1. The Bertz CT molecular complexity index is 669. The molecule has 2 saturated heterocycles. The number of piperazine rings is 1.